The molecule has 0 spiro atoms. The summed E-state index contributed by atoms with van der Waals surface area (Å²) in [5.74, 6) is 0. The molecule has 0 bridgehead atoms. The van der Waals surface area contributed by atoms with Crippen LogP contribution in [-0.2, 0) is 10.0 Å². The second-order valence-corrected chi connectivity index (χ2v) is 8.23. The molecular formula is C13H26N2O2S. The van der Waals surface area contributed by atoms with Gasteiger partial charge in [0.05, 0.1) is 5.25 Å². The van der Waals surface area contributed by atoms with Crippen molar-refractivity contribution in [3.8, 4) is 0 Å². The van der Waals surface area contributed by atoms with Gasteiger partial charge in [0.15, 0.2) is 0 Å². The van der Waals surface area contributed by atoms with Crippen molar-refractivity contribution < 1.29 is 8.42 Å². The van der Waals surface area contributed by atoms with Crippen LogP contribution in [0.2, 0.25) is 0 Å². The molecule has 0 aromatic carbocycles. The molecule has 0 radical (unpaired) electrons. The van der Waals surface area contributed by atoms with Gasteiger partial charge in [0, 0.05) is 6.54 Å². The van der Waals surface area contributed by atoms with Crippen molar-refractivity contribution in [2.45, 2.75) is 57.1 Å². The fourth-order valence-corrected chi connectivity index (χ4v) is 4.72. The molecule has 1 aliphatic heterocycles. The highest BCUT2D eigenvalue weighted by atomic mass is 32.2. The van der Waals surface area contributed by atoms with E-state index >= 15 is 0 Å². The second kappa shape index (κ2) is 5.88. The lowest BCUT2D eigenvalue weighted by atomic mass is 9.76. The zero-order chi connectivity index (χ0) is 13.1. The minimum atomic E-state index is -3.11. The van der Waals surface area contributed by atoms with Crippen molar-refractivity contribution in [2.75, 3.05) is 19.6 Å². The molecule has 1 aliphatic carbocycles. The Labute approximate surface area is 111 Å². The lowest BCUT2D eigenvalue weighted by Gasteiger charge is -2.34. The van der Waals surface area contributed by atoms with Gasteiger partial charge in [0.1, 0.15) is 0 Å². The van der Waals surface area contributed by atoms with Gasteiger partial charge >= 0.3 is 0 Å². The van der Waals surface area contributed by atoms with E-state index in [1.807, 2.05) is 0 Å². The Morgan fingerprint density at radius 2 is 1.78 bits per heavy atom. The number of nitrogens with one attached hydrogen (secondary N) is 2. The topological polar surface area (TPSA) is 58.2 Å². The Hall–Kier alpha value is -0.130. The Balaban J connectivity index is 1.87. The van der Waals surface area contributed by atoms with Gasteiger partial charge in [-0.05, 0) is 44.2 Å². The summed E-state index contributed by atoms with van der Waals surface area (Å²) in [6, 6.07) is 0. The molecule has 0 aromatic rings. The predicted octanol–water partition coefficient (Wildman–Crippen LogP) is 1.63. The van der Waals surface area contributed by atoms with E-state index in [2.05, 4.69) is 17.0 Å². The zero-order valence-electron chi connectivity index (χ0n) is 11.4. The maximum Gasteiger partial charge on any atom is 0.214 e. The van der Waals surface area contributed by atoms with Crippen LogP contribution < -0.4 is 10.0 Å². The number of sulfonamides is 1. The molecule has 106 valence electrons. The fourth-order valence-electron chi connectivity index (χ4n) is 3.08. The summed E-state index contributed by atoms with van der Waals surface area (Å²) in [6.07, 6.45) is 7.58. The van der Waals surface area contributed by atoms with Gasteiger partial charge < -0.3 is 5.32 Å². The normalized spacial score (nSPS) is 26.1. The Morgan fingerprint density at radius 1 is 1.17 bits per heavy atom. The molecule has 5 heteroatoms. The number of rotatable bonds is 4. The first-order chi connectivity index (χ1) is 8.52. The predicted molar refractivity (Wildman–Crippen MR) is 74.0 cm³/mol. The average Bonchev–Trinajstić information content (AvgIpc) is 2.39. The maximum atomic E-state index is 12.2. The molecule has 1 saturated carbocycles. The van der Waals surface area contributed by atoms with E-state index in [0.29, 0.717) is 6.54 Å². The first kappa shape index (κ1) is 14.3. The smallest absolute Gasteiger partial charge is 0.214 e. The number of piperidine rings is 1. The third-order valence-electron chi connectivity index (χ3n) is 4.49. The fraction of sp³-hybridized carbons (Fsp3) is 1.00. The SMILES string of the molecule is CC1(CNS(=O)(=O)C2CCNCC2)CCCCC1. The largest absolute Gasteiger partial charge is 0.317 e. The molecule has 2 aliphatic rings. The van der Waals surface area contributed by atoms with Crippen LogP contribution in [0.5, 0.6) is 0 Å². The highest BCUT2D eigenvalue weighted by molar-refractivity contribution is 7.90. The van der Waals surface area contributed by atoms with E-state index in [0.717, 1.165) is 38.8 Å². The molecule has 0 amide bonds. The van der Waals surface area contributed by atoms with E-state index in [4.69, 9.17) is 0 Å². The molecule has 2 N–H and O–H groups in total. The van der Waals surface area contributed by atoms with Crippen molar-refractivity contribution in [2.24, 2.45) is 5.41 Å². The van der Waals surface area contributed by atoms with E-state index in [-0.39, 0.29) is 10.7 Å². The molecule has 0 atom stereocenters. The van der Waals surface area contributed by atoms with Crippen LogP contribution in [0.1, 0.15) is 51.9 Å². The standard InChI is InChI=1S/C13H26N2O2S/c1-13(7-3-2-4-8-13)11-15-18(16,17)12-5-9-14-10-6-12/h12,14-15H,2-11H2,1H3. The summed E-state index contributed by atoms with van der Waals surface area (Å²) in [5, 5.41) is 3.02. The van der Waals surface area contributed by atoms with Gasteiger partial charge in [0.25, 0.3) is 0 Å². The van der Waals surface area contributed by atoms with Crippen LogP contribution in [0.15, 0.2) is 0 Å². The number of hydrogen-bond donors (Lipinski definition) is 2. The molecule has 2 fully saturated rings. The van der Waals surface area contributed by atoms with Gasteiger partial charge in [-0.25, -0.2) is 13.1 Å². The van der Waals surface area contributed by atoms with Crippen molar-refractivity contribution in [1.29, 1.82) is 0 Å². The molecule has 1 saturated heterocycles. The van der Waals surface area contributed by atoms with Crippen LogP contribution in [-0.4, -0.2) is 33.3 Å². The molecule has 1 heterocycles. The van der Waals surface area contributed by atoms with Crippen LogP contribution in [0, 0.1) is 5.41 Å². The zero-order valence-corrected chi connectivity index (χ0v) is 12.2. The average molecular weight is 274 g/mol. The quantitative estimate of drug-likeness (QED) is 0.819. The Kier molecular flexibility index (Phi) is 4.67. The van der Waals surface area contributed by atoms with Gasteiger partial charge in [-0.1, -0.05) is 26.2 Å². The van der Waals surface area contributed by atoms with Crippen molar-refractivity contribution >= 4 is 10.0 Å². The minimum Gasteiger partial charge on any atom is -0.317 e. The highest BCUT2D eigenvalue weighted by Gasteiger charge is 2.31. The summed E-state index contributed by atoms with van der Waals surface area (Å²) >= 11 is 0. The molecule has 0 unspecified atom stereocenters. The van der Waals surface area contributed by atoms with E-state index in [1.54, 1.807) is 0 Å². The minimum absolute atomic E-state index is 0.179. The van der Waals surface area contributed by atoms with Crippen LogP contribution in [0.3, 0.4) is 0 Å². The van der Waals surface area contributed by atoms with Crippen molar-refractivity contribution in [3.05, 3.63) is 0 Å². The van der Waals surface area contributed by atoms with Gasteiger partial charge in [-0.15, -0.1) is 0 Å². The third-order valence-corrected chi connectivity index (χ3v) is 6.38. The van der Waals surface area contributed by atoms with Gasteiger partial charge in [0.2, 0.25) is 10.0 Å². The summed E-state index contributed by atoms with van der Waals surface area (Å²) in [5.41, 5.74) is 0.179. The van der Waals surface area contributed by atoms with Crippen LogP contribution >= 0.6 is 0 Å². The van der Waals surface area contributed by atoms with Gasteiger partial charge in [-0.2, -0.15) is 0 Å². The monoisotopic (exact) mass is 274 g/mol. The lowest BCUT2D eigenvalue weighted by Crippen LogP contribution is -2.45. The van der Waals surface area contributed by atoms with E-state index in [9.17, 15) is 8.42 Å². The first-order valence-corrected chi connectivity index (χ1v) is 8.76. The maximum absolute atomic E-state index is 12.2. The lowest BCUT2D eigenvalue weighted by molar-refractivity contribution is 0.218. The van der Waals surface area contributed by atoms with Crippen molar-refractivity contribution in [1.82, 2.24) is 10.0 Å². The summed E-state index contributed by atoms with van der Waals surface area (Å²) in [4.78, 5) is 0. The van der Waals surface area contributed by atoms with Gasteiger partial charge in [-0.3, -0.25) is 0 Å². The first-order valence-electron chi connectivity index (χ1n) is 7.21. The van der Waals surface area contributed by atoms with Crippen molar-refractivity contribution in [3.63, 3.8) is 0 Å². The van der Waals surface area contributed by atoms with E-state index in [1.165, 1.54) is 19.3 Å². The molecule has 2 rings (SSSR count). The Morgan fingerprint density at radius 3 is 2.39 bits per heavy atom. The highest BCUT2D eigenvalue weighted by Crippen LogP contribution is 2.35. The summed E-state index contributed by atoms with van der Waals surface area (Å²) in [7, 11) is -3.11. The second-order valence-electron chi connectivity index (χ2n) is 6.19. The summed E-state index contributed by atoms with van der Waals surface area (Å²) < 4.78 is 27.3. The number of hydrogen-bond acceptors (Lipinski definition) is 3. The third kappa shape index (κ3) is 3.68. The van der Waals surface area contributed by atoms with E-state index < -0.39 is 10.0 Å². The molecule has 18 heavy (non-hydrogen) atoms. The van der Waals surface area contributed by atoms with Crippen LogP contribution in [0.25, 0.3) is 0 Å². The molecular weight excluding hydrogens is 248 g/mol. The Bertz CT molecular complexity index is 355. The van der Waals surface area contributed by atoms with Crippen LogP contribution in [0.4, 0.5) is 0 Å². The molecule has 4 nitrogen and oxygen atoms in total. The molecule has 0 aromatic heterocycles. The summed E-state index contributed by atoms with van der Waals surface area (Å²) in [6.45, 7) is 4.49.